The van der Waals surface area contributed by atoms with Gasteiger partial charge in [0.1, 0.15) is 0 Å². The van der Waals surface area contributed by atoms with Crippen LogP contribution in [-0.2, 0) is 16.1 Å². The highest BCUT2D eigenvalue weighted by atomic mass is 32.1. The Balaban J connectivity index is 2.15. The third kappa shape index (κ3) is 5.57. The van der Waals surface area contributed by atoms with Gasteiger partial charge in [0, 0.05) is 23.4 Å². The average molecular weight is 376 g/mol. The molecular weight excluding hydrogens is 352 g/mol. The minimum atomic E-state index is -1.10. The molecule has 0 aliphatic carbocycles. The lowest BCUT2D eigenvalue weighted by Gasteiger charge is -2.25. The Morgan fingerprint density at radius 3 is 2.62 bits per heavy atom. The van der Waals surface area contributed by atoms with Crippen LogP contribution >= 0.6 is 11.3 Å². The molecule has 0 fully saturated rings. The summed E-state index contributed by atoms with van der Waals surface area (Å²) in [4.78, 5) is 28.2. The number of hydrogen-bond donors (Lipinski definition) is 2. The number of carboxylic acids is 1. The van der Waals surface area contributed by atoms with Crippen LogP contribution in [0.1, 0.15) is 26.9 Å². The molecule has 7 heteroatoms. The number of aliphatic carboxylic acids is 1. The average Bonchev–Trinajstić information content (AvgIpc) is 3.00. The van der Waals surface area contributed by atoms with Crippen LogP contribution in [0.3, 0.4) is 0 Å². The molecule has 0 aliphatic heterocycles. The molecule has 1 atom stereocenters. The molecule has 2 aromatic rings. The largest absolute Gasteiger partial charge is 0.479 e. The van der Waals surface area contributed by atoms with E-state index in [9.17, 15) is 14.7 Å². The van der Waals surface area contributed by atoms with E-state index in [0.717, 1.165) is 15.3 Å². The van der Waals surface area contributed by atoms with Crippen LogP contribution in [0.4, 0.5) is 4.79 Å². The molecule has 0 aliphatic rings. The number of carbonyl (C=O) groups is 2. The Labute approximate surface area is 157 Å². The first-order chi connectivity index (χ1) is 12.4. The van der Waals surface area contributed by atoms with E-state index < -0.39 is 18.0 Å². The topological polar surface area (TPSA) is 78.9 Å². The van der Waals surface area contributed by atoms with Gasteiger partial charge >= 0.3 is 12.0 Å². The molecule has 2 rings (SSSR count). The van der Waals surface area contributed by atoms with Crippen LogP contribution < -0.4 is 5.32 Å². The van der Waals surface area contributed by atoms with Gasteiger partial charge in [-0.1, -0.05) is 29.8 Å². The normalized spacial score (nSPS) is 11.8. The SMILES string of the molecule is COCCN(Cc1ccc(C)s1)C(=O)N[C@H](C(=O)O)c1cccc(C)c1. The van der Waals surface area contributed by atoms with Crippen LogP contribution in [-0.4, -0.2) is 42.3 Å². The zero-order valence-electron chi connectivity index (χ0n) is 15.2. The molecule has 0 radical (unpaired) electrons. The molecule has 6 nitrogen and oxygen atoms in total. The van der Waals surface area contributed by atoms with Crippen molar-refractivity contribution in [1.29, 1.82) is 0 Å². The maximum absolute atomic E-state index is 12.7. The summed E-state index contributed by atoms with van der Waals surface area (Å²) in [6, 6.07) is 9.58. The summed E-state index contributed by atoms with van der Waals surface area (Å²) in [7, 11) is 1.57. The van der Waals surface area contributed by atoms with Crippen molar-refractivity contribution in [1.82, 2.24) is 10.2 Å². The Kier molecular flexibility index (Phi) is 7.17. The molecule has 26 heavy (non-hydrogen) atoms. The molecular formula is C19H24N2O4S. The lowest BCUT2D eigenvalue weighted by atomic mass is 10.0. The fraction of sp³-hybridized carbons (Fsp3) is 0.368. The van der Waals surface area contributed by atoms with Crippen molar-refractivity contribution in [2.45, 2.75) is 26.4 Å². The summed E-state index contributed by atoms with van der Waals surface area (Å²) < 4.78 is 5.08. The van der Waals surface area contributed by atoms with Gasteiger partial charge in [-0.05, 0) is 31.5 Å². The molecule has 0 saturated heterocycles. The van der Waals surface area contributed by atoms with Crippen molar-refractivity contribution in [3.63, 3.8) is 0 Å². The van der Waals surface area contributed by atoms with Crippen molar-refractivity contribution in [3.8, 4) is 0 Å². The molecule has 1 aromatic carbocycles. The first-order valence-corrected chi connectivity index (χ1v) is 9.11. The molecule has 2 amide bonds. The van der Waals surface area contributed by atoms with Crippen LogP contribution in [0.2, 0.25) is 0 Å². The maximum Gasteiger partial charge on any atom is 0.330 e. The van der Waals surface area contributed by atoms with E-state index in [1.807, 2.05) is 32.0 Å². The lowest BCUT2D eigenvalue weighted by Crippen LogP contribution is -2.44. The van der Waals surface area contributed by atoms with Gasteiger partial charge in [0.05, 0.1) is 13.2 Å². The van der Waals surface area contributed by atoms with E-state index in [0.29, 0.717) is 25.3 Å². The van der Waals surface area contributed by atoms with Crippen molar-refractivity contribution >= 4 is 23.3 Å². The summed E-state index contributed by atoms with van der Waals surface area (Å²) in [5, 5.41) is 12.2. The molecule has 1 heterocycles. The zero-order valence-corrected chi connectivity index (χ0v) is 16.0. The standard InChI is InChI=1S/C19H24N2O4S/c1-13-5-4-6-15(11-13)17(18(22)23)20-19(24)21(9-10-25-3)12-16-8-7-14(2)26-16/h4-8,11,17H,9-10,12H2,1-3H3,(H,20,24)(H,22,23)/t17-/m0/s1. The van der Waals surface area contributed by atoms with E-state index in [1.165, 1.54) is 0 Å². The van der Waals surface area contributed by atoms with Gasteiger partial charge in [0.2, 0.25) is 0 Å². The molecule has 1 aromatic heterocycles. The number of ether oxygens (including phenoxy) is 1. The molecule has 140 valence electrons. The number of nitrogens with one attached hydrogen (secondary N) is 1. The first-order valence-electron chi connectivity index (χ1n) is 8.29. The third-order valence-corrected chi connectivity index (χ3v) is 4.87. The van der Waals surface area contributed by atoms with Gasteiger partial charge in [-0.3, -0.25) is 0 Å². The Hall–Kier alpha value is -2.38. The van der Waals surface area contributed by atoms with Gasteiger partial charge in [0.15, 0.2) is 6.04 Å². The number of nitrogens with zero attached hydrogens (tertiary/aromatic N) is 1. The van der Waals surface area contributed by atoms with Crippen LogP contribution in [0, 0.1) is 13.8 Å². The van der Waals surface area contributed by atoms with Crippen LogP contribution in [0.15, 0.2) is 36.4 Å². The quantitative estimate of drug-likeness (QED) is 0.741. The Morgan fingerprint density at radius 2 is 2.04 bits per heavy atom. The number of carbonyl (C=O) groups excluding carboxylic acids is 1. The van der Waals surface area contributed by atoms with Gasteiger partial charge in [0.25, 0.3) is 0 Å². The summed E-state index contributed by atoms with van der Waals surface area (Å²) in [5.41, 5.74) is 1.48. The molecule has 0 bridgehead atoms. The minimum absolute atomic E-state index is 0.374. The number of amides is 2. The Bertz CT molecular complexity index is 760. The fourth-order valence-electron chi connectivity index (χ4n) is 2.56. The highest BCUT2D eigenvalue weighted by Crippen LogP contribution is 2.19. The number of benzene rings is 1. The highest BCUT2D eigenvalue weighted by Gasteiger charge is 2.25. The molecule has 0 saturated carbocycles. The molecule has 0 unspecified atom stereocenters. The number of urea groups is 1. The number of carboxylic acid groups (broad SMARTS) is 1. The second kappa shape index (κ2) is 9.35. The third-order valence-electron chi connectivity index (χ3n) is 3.89. The summed E-state index contributed by atoms with van der Waals surface area (Å²) in [6.07, 6.45) is 0. The summed E-state index contributed by atoms with van der Waals surface area (Å²) in [6.45, 7) is 5.05. The van der Waals surface area contributed by atoms with Crippen molar-refractivity contribution < 1.29 is 19.4 Å². The van der Waals surface area contributed by atoms with E-state index in [1.54, 1.807) is 41.5 Å². The van der Waals surface area contributed by atoms with E-state index >= 15 is 0 Å². The molecule has 0 spiro atoms. The van der Waals surface area contributed by atoms with E-state index in [2.05, 4.69) is 5.32 Å². The second-order valence-corrected chi connectivity index (χ2v) is 7.43. The van der Waals surface area contributed by atoms with Crippen molar-refractivity contribution in [2.24, 2.45) is 0 Å². The van der Waals surface area contributed by atoms with Gasteiger partial charge in [-0.2, -0.15) is 0 Å². The minimum Gasteiger partial charge on any atom is -0.479 e. The second-order valence-electron chi connectivity index (χ2n) is 6.06. The fourth-order valence-corrected chi connectivity index (χ4v) is 3.47. The predicted molar refractivity (Wildman–Crippen MR) is 101 cm³/mol. The van der Waals surface area contributed by atoms with E-state index in [4.69, 9.17) is 4.74 Å². The monoisotopic (exact) mass is 376 g/mol. The molecule has 2 N–H and O–H groups in total. The predicted octanol–water partition coefficient (Wildman–Crippen LogP) is 3.35. The number of aryl methyl sites for hydroxylation is 2. The smallest absolute Gasteiger partial charge is 0.330 e. The van der Waals surface area contributed by atoms with Crippen molar-refractivity contribution in [2.75, 3.05) is 20.3 Å². The summed E-state index contributed by atoms with van der Waals surface area (Å²) in [5.74, 6) is -1.09. The van der Waals surface area contributed by atoms with Crippen LogP contribution in [0.5, 0.6) is 0 Å². The number of hydrogen-bond acceptors (Lipinski definition) is 4. The Morgan fingerprint density at radius 1 is 1.27 bits per heavy atom. The zero-order chi connectivity index (χ0) is 19.1. The summed E-state index contributed by atoms with van der Waals surface area (Å²) >= 11 is 1.61. The number of rotatable bonds is 8. The maximum atomic E-state index is 12.7. The van der Waals surface area contributed by atoms with E-state index in [-0.39, 0.29) is 0 Å². The van der Waals surface area contributed by atoms with Gasteiger partial charge in [-0.15, -0.1) is 11.3 Å². The van der Waals surface area contributed by atoms with Gasteiger partial charge in [-0.25, -0.2) is 9.59 Å². The van der Waals surface area contributed by atoms with Crippen molar-refractivity contribution in [3.05, 3.63) is 57.3 Å². The highest BCUT2D eigenvalue weighted by molar-refractivity contribution is 7.11. The number of thiophene rings is 1. The first kappa shape index (κ1) is 19.9. The van der Waals surface area contributed by atoms with Gasteiger partial charge < -0.3 is 20.1 Å². The lowest BCUT2D eigenvalue weighted by molar-refractivity contribution is -0.139. The number of methoxy groups -OCH3 is 1. The van der Waals surface area contributed by atoms with Crippen LogP contribution in [0.25, 0.3) is 0 Å².